The smallest absolute Gasteiger partial charge is 0.295 e. The van der Waals surface area contributed by atoms with Crippen LogP contribution in [0.25, 0.3) is 5.69 Å². The van der Waals surface area contributed by atoms with E-state index in [4.69, 9.17) is 9.47 Å². The highest BCUT2D eigenvalue weighted by Gasteiger charge is 2.18. The molecule has 0 bridgehead atoms. The standard InChI is InChI=1S/C22H24N4O5/c1-14-20(22(29)26(25(14)2)16-8-6-5-7-9-16)24-19(27)13-23-21(28)15-10-11-17(30-3)18(12-15)31-4/h5-12H,13H2,1-4H3,(H,23,28)(H,24,27). The summed E-state index contributed by atoms with van der Waals surface area (Å²) in [6.07, 6.45) is 0. The van der Waals surface area contributed by atoms with Crippen molar-refractivity contribution in [3.05, 3.63) is 70.1 Å². The van der Waals surface area contributed by atoms with Crippen LogP contribution < -0.4 is 25.7 Å². The number of aromatic nitrogens is 2. The molecule has 2 N–H and O–H groups in total. The van der Waals surface area contributed by atoms with Crippen LogP contribution in [0.4, 0.5) is 5.69 Å². The molecular formula is C22H24N4O5. The molecule has 2 aromatic carbocycles. The lowest BCUT2D eigenvalue weighted by Gasteiger charge is -2.10. The second-order valence-electron chi connectivity index (χ2n) is 6.74. The minimum absolute atomic E-state index is 0.164. The van der Waals surface area contributed by atoms with Crippen molar-refractivity contribution < 1.29 is 19.1 Å². The first kappa shape index (κ1) is 21.7. The van der Waals surface area contributed by atoms with E-state index >= 15 is 0 Å². The molecular weight excluding hydrogens is 400 g/mol. The van der Waals surface area contributed by atoms with Crippen LogP contribution >= 0.6 is 0 Å². The largest absolute Gasteiger partial charge is 0.493 e. The molecule has 0 aliphatic heterocycles. The van der Waals surface area contributed by atoms with Gasteiger partial charge in [-0.3, -0.25) is 19.1 Å². The Morgan fingerprint density at radius 1 is 1.00 bits per heavy atom. The van der Waals surface area contributed by atoms with Crippen LogP contribution in [0.15, 0.2) is 53.3 Å². The number of hydrogen-bond acceptors (Lipinski definition) is 5. The van der Waals surface area contributed by atoms with Gasteiger partial charge in [-0.25, -0.2) is 4.68 Å². The number of methoxy groups -OCH3 is 2. The Labute approximate surface area is 179 Å². The average Bonchev–Trinajstić information content (AvgIpc) is 3.00. The quantitative estimate of drug-likeness (QED) is 0.603. The van der Waals surface area contributed by atoms with Gasteiger partial charge in [-0.2, -0.15) is 0 Å². The predicted molar refractivity (Wildman–Crippen MR) is 116 cm³/mol. The van der Waals surface area contributed by atoms with Gasteiger partial charge in [-0.05, 0) is 37.3 Å². The Kier molecular flexibility index (Phi) is 6.44. The first-order chi connectivity index (χ1) is 14.9. The summed E-state index contributed by atoms with van der Waals surface area (Å²) in [6.45, 7) is 1.44. The highest BCUT2D eigenvalue weighted by atomic mass is 16.5. The molecule has 31 heavy (non-hydrogen) atoms. The van der Waals surface area contributed by atoms with E-state index in [-0.39, 0.29) is 17.8 Å². The Morgan fingerprint density at radius 3 is 2.32 bits per heavy atom. The summed E-state index contributed by atoms with van der Waals surface area (Å²) < 4.78 is 13.5. The summed E-state index contributed by atoms with van der Waals surface area (Å²) in [5.41, 5.74) is 1.39. The van der Waals surface area contributed by atoms with Gasteiger partial charge in [0.2, 0.25) is 5.91 Å². The lowest BCUT2D eigenvalue weighted by atomic mass is 10.2. The lowest BCUT2D eigenvalue weighted by molar-refractivity contribution is -0.115. The Hall–Kier alpha value is -4.01. The van der Waals surface area contributed by atoms with Crippen molar-refractivity contribution >= 4 is 17.5 Å². The van der Waals surface area contributed by atoms with Gasteiger partial charge in [0, 0.05) is 12.6 Å². The van der Waals surface area contributed by atoms with E-state index in [0.29, 0.717) is 28.4 Å². The molecule has 9 nitrogen and oxygen atoms in total. The number of amides is 2. The summed E-state index contributed by atoms with van der Waals surface area (Å²) in [5, 5.41) is 5.14. The van der Waals surface area contributed by atoms with Crippen LogP contribution in [0.1, 0.15) is 16.1 Å². The second-order valence-corrected chi connectivity index (χ2v) is 6.74. The van der Waals surface area contributed by atoms with Gasteiger partial charge in [-0.1, -0.05) is 18.2 Å². The normalized spacial score (nSPS) is 10.5. The zero-order valence-corrected chi connectivity index (χ0v) is 17.8. The highest BCUT2D eigenvalue weighted by Crippen LogP contribution is 2.27. The fraction of sp³-hybridized carbons (Fsp3) is 0.227. The molecule has 0 aliphatic rings. The number of para-hydroxylation sites is 1. The molecule has 0 atom stereocenters. The van der Waals surface area contributed by atoms with Gasteiger partial charge in [0.15, 0.2) is 11.5 Å². The zero-order chi connectivity index (χ0) is 22.5. The molecule has 1 heterocycles. The van der Waals surface area contributed by atoms with Crippen LogP contribution in [0.2, 0.25) is 0 Å². The number of nitrogens with one attached hydrogen (secondary N) is 2. The molecule has 0 spiro atoms. The molecule has 162 valence electrons. The van der Waals surface area contributed by atoms with Gasteiger partial charge in [0.25, 0.3) is 11.5 Å². The van der Waals surface area contributed by atoms with E-state index < -0.39 is 11.8 Å². The molecule has 0 aliphatic carbocycles. The van der Waals surface area contributed by atoms with Crippen molar-refractivity contribution in [1.29, 1.82) is 0 Å². The third-order valence-corrected chi connectivity index (χ3v) is 4.87. The topological polar surface area (TPSA) is 104 Å². The number of hydrogen-bond donors (Lipinski definition) is 2. The van der Waals surface area contributed by atoms with E-state index in [1.165, 1.54) is 25.0 Å². The fourth-order valence-corrected chi connectivity index (χ4v) is 3.14. The summed E-state index contributed by atoms with van der Waals surface area (Å²) in [6, 6.07) is 13.8. The minimum atomic E-state index is -0.514. The van der Waals surface area contributed by atoms with Crippen molar-refractivity contribution in [2.24, 2.45) is 7.05 Å². The molecule has 2 amide bonds. The monoisotopic (exact) mass is 424 g/mol. The number of carbonyl (C=O) groups excluding carboxylic acids is 2. The minimum Gasteiger partial charge on any atom is -0.493 e. The number of ether oxygens (including phenoxy) is 2. The van der Waals surface area contributed by atoms with Crippen molar-refractivity contribution in [3.8, 4) is 17.2 Å². The van der Waals surface area contributed by atoms with Crippen LogP contribution in [-0.4, -0.2) is 41.9 Å². The zero-order valence-electron chi connectivity index (χ0n) is 17.8. The molecule has 9 heteroatoms. The summed E-state index contributed by atoms with van der Waals surface area (Å²) in [5.74, 6) is -0.0746. The highest BCUT2D eigenvalue weighted by molar-refractivity contribution is 5.99. The second kappa shape index (κ2) is 9.21. The molecule has 1 aromatic heterocycles. The van der Waals surface area contributed by atoms with Gasteiger partial charge in [0.05, 0.1) is 32.1 Å². The third kappa shape index (κ3) is 4.45. The van der Waals surface area contributed by atoms with Crippen LogP contribution in [0.5, 0.6) is 11.5 Å². The summed E-state index contributed by atoms with van der Waals surface area (Å²) >= 11 is 0. The van der Waals surface area contributed by atoms with Crippen molar-refractivity contribution in [1.82, 2.24) is 14.7 Å². The summed E-state index contributed by atoms with van der Waals surface area (Å²) in [4.78, 5) is 37.6. The number of benzene rings is 2. The molecule has 0 unspecified atom stereocenters. The van der Waals surface area contributed by atoms with E-state index in [9.17, 15) is 14.4 Å². The van der Waals surface area contributed by atoms with Crippen LogP contribution in [0.3, 0.4) is 0 Å². The Bertz CT molecular complexity index is 1160. The average molecular weight is 424 g/mol. The van der Waals surface area contributed by atoms with Gasteiger partial charge in [-0.15, -0.1) is 0 Å². The van der Waals surface area contributed by atoms with Crippen molar-refractivity contribution in [2.75, 3.05) is 26.1 Å². The van der Waals surface area contributed by atoms with Crippen LogP contribution in [0, 0.1) is 6.92 Å². The molecule has 0 radical (unpaired) electrons. The maximum atomic E-state index is 12.9. The van der Waals surface area contributed by atoms with E-state index in [0.717, 1.165) is 0 Å². The van der Waals surface area contributed by atoms with E-state index in [1.807, 2.05) is 18.2 Å². The number of nitrogens with zero attached hydrogens (tertiary/aromatic N) is 2. The molecule has 0 fully saturated rings. The number of anilines is 1. The van der Waals surface area contributed by atoms with Gasteiger partial charge in [0.1, 0.15) is 5.69 Å². The first-order valence-electron chi connectivity index (χ1n) is 9.51. The number of rotatable bonds is 7. The Balaban J connectivity index is 1.71. The Morgan fingerprint density at radius 2 is 1.68 bits per heavy atom. The van der Waals surface area contributed by atoms with E-state index in [1.54, 1.807) is 42.9 Å². The summed E-state index contributed by atoms with van der Waals surface area (Å²) in [7, 11) is 4.70. The first-order valence-corrected chi connectivity index (χ1v) is 9.51. The maximum absolute atomic E-state index is 12.9. The molecule has 3 rings (SSSR count). The fourth-order valence-electron chi connectivity index (χ4n) is 3.14. The van der Waals surface area contributed by atoms with Crippen LogP contribution in [-0.2, 0) is 11.8 Å². The lowest BCUT2D eigenvalue weighted by Crippen LogP contribution is -2.34. The maximum Gasteiger partial charge on any atom is 0.295 e. The van der Waals surface area contributed by atoms with Gasteiger partial charge >= 0.3 is 0 Å². The van der Waals surface area contributed by atoms with E-state index in [2.05, 4.69) is 10.6 Å². The molecule has 3 aromatic rings. The van der Waals surface area contributed by atoms with Crippen molar-refractivity contribution in [2.45, 2.75) is 6.92 Å². The van der Waals surface area contributed by atoms with Gasteiger partial charge < -0.3 is 20.1 Å². The van der Waals surface area contributed by atoms with Crippen molar-refractivity contribution in [3.63, 3.8) is 0 Å². The molecule has 0 saturated heterocycles. The molecule has 0 saturated carbocycles. The SMILES string of the molecule is COc1ccc(C(=O)NCC(=O)Nc2c(C)n(C)n(-c3ccccc3)c2=O)cc1OC. The third-order valence-electron chi connectivity index (χ3n) is 4.87. The number of carbonyl (C=O) groups is 2. The predicted octanol–water partition coefficient (Wildman–Crippen LogP) is 1.87.